The highest BCUT2D eigenvalue weighted by Gasteiger charge is 2.63. The molecule has 1 fully saturated rings. The van der Waals surface area contributed by atoms with Crippen molar-refractivity contribution < 1.29 is 22.7 Å². The molecule has 2 N–H and O–H groups in total. The van der Waals surface area contributed by atoms with Gasteiger partial charge in [-0.25, -0.2) is 13.4 Å². The monoisotopic (exact) mass is 587 g/mol. The van der Waals surface area contributed by atoms with Gasteiger partial charge >= 0.3 is 0 Å². The number of nitrogens with one attached hydrogen (secondary N) is 2. The first-order chi connectivity index (χ1) is 20.1. The Balaban J connectivity index is 1.39. The minimum atomic E-state index is -3.99. The lowest BCUT2D eigenvalue weighted by molar-refractivity contribution is -0.118. The molecule has 4 aromatic rings. The topological polar surface area (TPSA) is 123 Å². The molecular formula is C31H33N5O5S. The van der Waals surface area contributed by atoms with Crippen LogP contribution in [0.3, 0.4) is 0 Å². The quantitative estimate of drug-likeness (QED) is 0.257. The predicted octanol–water partition coefficient (Wildman–Crippen LogP) is 4.67. The van der Waals surface area contributed by atoms with Gasteiger partial charge in [0.15, 0.2) is 0 Å². The van der Waals surface area contributed by atoms with Gasteiger partial charge in [0.05, 0.1) is 41.4 Å². The number of rotatable bonds is 10. The summed E-state index contributed by atoms with van der Waals surface area (Å²) in [5.74, 6) is 0.887. The Labute approximate surface area is 245 Å². The van der Waals surface area contributed by atoms with Crippen LogP contribution in [0, 0.1) is 5.92 Å². The van der Waals surface area contributed by atoms with Crippen LogP contribution >= 0.6 is 0 Å². The molecule has 2 atom stereocenters. The number of benzene rings is 2. The smallest absolute Gasteiger partial charge is 0.262 e. The fourth-order valence-corrected chi connectivity index (χ4v) is 6.79. The zero-order chi connectivity index (χ0) is 29.6. The van der Waals surface area contributed by atoms with Crippen LogP contribution in [0.1, 0.15) is 25.3 Å². The molecule has 218 valence electrons. The predicted molar refractivity (Wildman–Crippen MR) is 162 cm³/mol. The van der Waals surface area contributed by atoms with E-state index in [1.165, 1.54) is 19.2 Å². The van der Waals surface area contributed by atoms with E-state index in [-0.39, 0.29) is 28.3 Å². The lowest BCUT2D eigenvalue weighted by atomic mass is 9.91. The number of sulfonamides is 1. The van der Waals surface area contributed by atoms with E-state index < -0.39 is 15.4 Å². The van der Waals surface area contributed by atoms with Crippen molar-refractivity contribution in [2.75, 3.05) is 44.4 Å². The zero-order valence-corrected chi connectivity index (χ0v) is 24.8. The van der Waals surface area contributed by atoms with Crippen molar-refractivity contribution in [1.29, 1.82) is 0 Å². The van der Waals surface area contributed by atoms with Crippen LogP contribution in [-0.4, -0.2) is 63.5 Å². The number of carbonyl (C=O) groups is 1. The van der Waals surface area contributed by atoms with Gasteiger partial charge in [0.1, 0.15) is 11.4 Å². The molecule has 11 heteroatoms. The van der Waals surface area contributed by atoms with E-state index in [1.807, 2.05) is 37.2 Å². The van der Waals surface area contributed by atoms with Crippen LogP contribution in [0.25, 0.3) is 22.0 Å². The maximum absolute atomic E-state index is 13.4. The molecule has 2 aliphatic rings. The van der Waals surface area contributed by atoms with E-state index >= 15 is 0 Å². The average molecular weight is 588 g/mol. The Hall–Kier alpha value is -4.22. The Morgan fingerprint density at radius 1 is 1.10 bits per heavy atom. The molecule has 1 spiro atoms. The van der Waals surface area contributed by atoms with Gasteiger partial charge in [-0.3, -0.25) is 14.5 Å². The molecule has 2 aromatic heterocycles. The fourth-order valence-electron chi connectivity index (χ4n) is 5.70. The summed E-state index contributed by atoms with van der Waals surface area (Å²) in [6, 6.07) is 13.8. The number of methoxy groups -OCH3 is 1. The van der Waals surface area contributed by atoms with E-state index in [0.29, 0.717) is 17.9 Å². The highest BCUT2D eigenvalue weighted by molar-refractivity contribution is 7.92. The maximum Gasteiger partial charge on any atom is 0.262 e. The Bertz CT molecular complexity index is 1810. The minimum absolute atomic E-state index is 0.0244. The Morgan fingerprint density at radius 3 is 2.64 bits per heavy atom. The number of hydrogen-bond acceptors (Lipinski definition) is 8. The Kier molecular flexibility index (Phi) is 7.02. The highest BCUT2D eigenvalue weighted by atomic mass is 32.2. The van der Waals surface area contributed by atoms with Crippen molar-refractivity contribution in [3.8, 4) is 22.8 Å². The third kappa shape index (κ3) is 4.92. The molecule has 1 saturated carbocycles. The first-order valence-corrected chi connectivity index (χ1v) is 15.3. The van der Waals surface area contributed by atoms with Crippen molar-refractivity contribution in [3.63, 3.8) is 0 Å². The number of amides is 1. The second kappa shape index (κ2) is 10.6. The molecule has 6 rings (SSSR count). The van der Waals surface area contributed by atoms with E-state index in [0.717, 1.165) is 47.1 Å². The van der Waals surface area contributed by atoms with E-state index in [2.05, 4.69) is 26.9 Å². The number of aromatic nitrogens is 2. The molecule has 1 aliphatic carbocycles. The molecule has 2 unspecified atom stereocenters. The van der Waals surface area contributed by atoms with Gasteiger partial charge in [-0.1, -0.05) is 19.1 Å². The van der Waals surface area contributed by atoms with Crippen molar-refractivity contribution in [2.24, 2.45) is 5.92 Å². The van der Waals surface area contributed by atoms with Gasteiger partial charge in [0.25, 0.3) is 10.0 Å². The van der Waals surface area contributed by atoms with Gasteiger partial charge in [-0.15, -0.1) is 0 Å². The summed E-state index contributed by atoms with van der Waals surface area (Å²) in [6.45, 7) is 3.27. The van der Waals surface area contributed by atoms with Gasteiger partial charge in [-0.2, -0.15) is 0 Å². The van der Waals surface area contributed by atoms with Crippen LogP contribution in [0.15, 0.2) is 65.8 Å². The number of ether oxygens (including phenoxy) is 2. The van der Waals surface area contributed by atoms with Crippen molar-refractivity contribution >= 4 is 38.2 Å². The van der Waals surface area contributed by atoms with Crippen LogP contribution in [0.5, 0.6) is 11.6 Å². The van der Waals surface area contributed by atoms with E-state index in [4.69, 9.17) is 9.47 Å². The third-order valence-corrected chi connectivity index (χ3v) is 9.41. The van der Waals surface area contributed by atoms with E-state index in [1.54, 1.807) is 30.6 Å². The molecular weight excluding hydrogens is 554 g/mol. The minimum Gasteiger partial charge on any atom is -0.497 e. The molecule has 3 heterocycles. The van der Waals surface area contributed by atoms with Crippen molar-refractivity contribution in [1.82, 2.24) is 14.9 Å². The first kappa shape index (κ1) is 27.9. The standard InChI is InChI=1S/C31H33N5O5S/c1-19-16-31(19)28-24-13-20(9-10-25(24)32-18-27(28)34-30(31)37)21-14-26(29(33-17-21)41-12-6-11-36(2)3)35-42(38,39)23-8-5-7-22(15-23)40-4/h5,7-10,13-15,17-19,35H,6,11-12,16H2,1-4H3,(H,34,37). The molecule has 0 bridgehead atoms. The number of nitrogens with zero attached hydrogens (tertiary/aromatic N) is 3. The largest absolute Gasteiger partial charge is 0.497 e. The molecule has 1 amide bonds. The van der Waals surface area contributed by atoms with Crippen molar-refractivity contribution in [2.45, 2.75) is 30.1 Å². The summed E-state index contributed by atoms with van der Waals surface area (Å²) in [7, 11) is 1.46. The normalized spacial score (nSPS) is 19.2. The number of carbonyl (C=O) groups excluding carboxylic acids is 1. The maximum atomic E-state index is 13.4. The summed E-state index contributed by atoms with van der Waals surface area (Å²) < 4.78 is 40.7. The molecule has 2 aromatic carbocycles. The molecule has 10 nitrogen and oxygen atoms in total. The number of pyridine rings is 2. The summed E-state index contributed by atoms with van der Waals surface area (Å²) in [5, 5.41) is 3.91. The molecule has 0 saturated heterocycles. The fraction of sp³-hybridized carbons (Fsp3) is 0.323. The summed E-state index contributed by atoms with van der Waals surface area (Å²) in [6.07, 6.45) is 4.94. The van der Waals surface area contributed by atoms with E-state index in [9.17, 15) is 13.2 Å². The number of fused-ring (bicyclic) bond motifs is 4. The van der Waals surface area contributed by atoms with Gasteiger partial charge in [-0.05, 0) is 68.8 Å². The SMILES string of the molecule is COc1cccc(S(=O)(=O)Nc2cc(-c3ccc4ncc5c(c4c3)C3(CC3C)C(=O)N5)cnc2OCCCN(C)C)c1. The summed E-state index contributed by atoms with van der Waals surface area (Å²) in [5.41, 5.74) is 3.73. The van der Waals surface area contributed by atoms with Crippen LogP contribution < -0.4 is 19.5 Å². The zero-order valence-electron chi connectivity index (χ0n) is 24.0. The lowest BCUT2D eigenvalue weighted by Crippen LogP contribution is -2.20. The summed E-state index contributed by atoms with van der Waals surface area (Å²) >= 11 is 0. The first-order valence-electron chi connectivity index (χ1n) is 13.8. The average Bonchev–Trinajstić information content (AvgIpc) is 3.56. The molecule has 1 aliphatic heterocycles. The number of hydrogen-bond donors (Lipinski definition) is 2. The van der Waals surface area contributed by atoms with Gasteiger partial charge < -0.3 is 19.7 Å². The lowest BCUT2D eigenvalue weighted by Gasteiger charge is -2.16. The second-order valence-corrected chi connectivity index (χ2v) is 12.9. The van der Waals surface area contributed by atoms with Gasteiger partial charge in [0.2, 0.25) is 11.8 Å². The van der Waals surface area contributed by atoms with Gasteiger partial charge in [0, 0.05) is 35.3 Å². The number of anilines is 2. The molecule has 42 heavy (non-hydrogen) atoms. The molecule has 0 radical (unpaired) electrons. The highest BCUT2D eigenvalue weighted by Crippen LogP contribution is 2.61. The second-order valence-electron chi connectivity index (χ2n) is 11.2. The summed E-state index contributed by atoms with van der Waals surface area (Å²) in [4.78, 5) is 24.1. The van der Waals surface area contributed by atoms with Crippen molar-refractivity contribution in [3.05, 3.63) is 66.5 Å². The van der Waals surface area contributed by atoms with Crippen LogP contribution in [0.2, 0.25) is 0 Å². The third-order valence-electron chi connectivity index (χ3n) is 8.05. The van der Waals surface area contributed by atoms with Crippen LogP contribution in [0.4, 0.5) is 11.4 Å². The Morgan fingerprint density at radius 2 is 1.90 bits per heavy atom. The van der Waals surface area contributed by atoms with Crippen LogP contribution in [-0.2, 0) is 20.2 Å².